The molecule has 0 saturated carbocycles. The number of nitrogens with zero attached hydrogens (tertiary/aromatic N) is 2. The molecule has 0 aliphatic rings. The standard InChI is InChI=1S/C15H17N3/c1-10-11(2)18(15(16)14(10)17-4)12(3)13-8-6-5-7-9-13/h5-9,12H,16H2,1-3H3. The predicted molar refractivity (Wildman–Crippen MR) is 74.8 cm³/mol. The van der Waals surface area contributed by atoms with Crippen molar-refractivity contribution in [3.05, 3.63) is 58.6 Å². The summed E-state index contributed by atoms with van der Waals surface area (Å²) in [5.41, 5.74) is 9.92. The fourth-order valence-corrected chi connectivity index (χ4v) is 2.36. The lowest BCUT2D eigenvalue weighted by Crippen LogP contribution is -2.11. The van der Waals surface area contributed by atoms with Crippen LogP contribution in [0.4, 0.5) is 11.5 Å². The van der Waals surface area contributed by atoms with Crippen molar-refractivity contribution in [2.75, 3.05) is 5.73 Å². The fourth-order valence-electron chi connectivity index (χ4n) is 2.36. The Bertz CT molecular complexity index is 603. The number of nitrogens with two attached hydrogens (primary N) is 1. The molecule has 2 aromatic rings. The van der Waals surface area contributed by atoms with Gasteiger partial charge >= 0.3 is 0 Å². The van der Waals surface area contributed by atoms with Gasteiger partial charge in [-0.15, -0.1) is 0 Å². The minimum Gasteiger partial charge on any atom is -0.394 e. The molecule has 1 aromatic carbocycles. The number of rotatable bonds is 2. The molecule has 3 heteroatoms. The van der Waals surface area contributed by atoms with E-state index in [1.165, 1.54) is 5.56 Å². The van der Waals surface area contributed by atoms with Gasteiger partial charge in [0.15, 0.2) is 0 Å². The Kier molecular flexibility index (Phi) is 3.12. The molecule has 18 heavy (non-hydrogen) atoms. The van der Waals surface area contributed by atoms with E-state index < -0.39 is 0 Å². The van der Waals surface area contributed by atoms with Crippen LogP contribution in [0.15, 0.2) is 30.3 Å². The number of anilines is 1. The summed E-state index contributed by atoms with van der Waals surface area (Å²) in [4.78, 5) is 3.53. The van der Waals surface area contributed by atoms with Crippen molar-refractivity contribution >= 4 is 11.5 Å². The van der Waals surface area contributed by atoms with Gasteiger partial charge in [0.05, 0.1) is 12.6 Å². The molecule has 0 amide bonds. The second-order valence-electron chi connectivity index (χ2n) is 4.51. The third kappa shape index (κ3) is 1.76. The van der Waals surface area contributed by atoms with Crippen molar-refractivity contribution in [1.29, 1.82) is 0 Å². The molecule has 1 atom stereocenters. The summed E-state index contributed by atoms with van der Waals surface area (Å²) in [6.07, 6.45) is 0. The molecule has 0 radical (unpaired) electrons. The second-order valence-corrected chi connectivity index (χ2v) is 4.51. The SMILES string of the molecule is [C-]#[N+]c1c(C)c(C)n(C(C)c2ccccc2)c1N. The molecule has 0 bridgehead atoms. The predicted octanol–water partition coefficient (Wildman–Crippen LogP) is 3.85. The summed E-state index contributed by atoms with van der Waals surface area (Å²) in [5.74, 6) is 0.566. The highest BCUT2D eigenvalue weighted by atomic mass is 15.1. The van der Waals surface area contributed by atoms with Gasteiger partial charge in [-0.3, -0.25) is 0 Å². The lowest BCUT2D eigenvalue weighted by molar-refractivity contribution is 0.633. The molecule has 3 nitrogen and oxygen atoms in total. The van der Waals surface area contributed by atoms with Gasteiger partial charge in [-0.05, 0) is 31.9 Å². The lowest BCUT2D eigenvalue weighted by atomic mass is 10.1. The number of aromatic nitrogens is 1. The van der Waals surface area contributed by atoms with Crippen molar-refractivity contribution in [3.63, 3.8) is 0 Å². The van der Waals surface area contributed by atoms with Crippen molar-refractivity contribution in [2.45, 2.75) is 26.8 Å². The smallest absolute Gasteiger partial charge is 0.230 e. The highest BCUT2D eigenvalue weighted by Gasteiger charge is 2.19. The van der Waals surface area contributed by atoms with Crippen molar-refractivity contribution in [3.8, 4) is 0 Å². The second kappa shape index (κ2) is 4.58. The normalized spacial score (nSPS) is 12.1. The van der Waals surface area contributed by atoms with E-state index in [9.17, 15) is 0 Å². The van der Waals surface area contributed by atoms with Crippen LogP contribution in [0.1, 0.15) is 29.8 Å². The first-order chi connectivity index (χ1) is 8.57. The van der Waals surface area contributed by atoms with Gasteiger partial charge in [0.25, 0.3) is 0 Å². The minimum absolute atomic E-state index is 0.139. The number of nitrogen functional groups attached to an aromatic ring is 1. The van der Waals surface area contributed by atoms with Gasteiger partial charge in [-0.1, -0.05) is 30.3 Å². The quantitative estimate of drug-likeness (QED) is 0.794. The summed E-state index contributed by atoms with van der Waals surface area (Å²) < 4.78 is 2.04. The van der Waals surface area contributed by atoms with Crippen LogP contribution in [-0.4, -0.2) is 4.57 Å². The zero-order valence-electron chi connectivity index (χ0n) is 10.9. The molecular formula is C15H17N3. The van der Waals surface area contributed by atoms with E-state index >= 15 is 0 Å². The summed E-state index contributed by atoms with van der Waals surface area (Å²) in [6, 6.07) is 10.3. The highest BCUT2D eigenvalue weighted by molar-refractivity contribution is 5.71. The number of benzene rings is 1. The van der Waals surface area contributed by atoms with E-state index in [1.807, 2.05) is 36.6 Å². The van der Waals surface area contributed by atoms with Crippen molar-refractivity contribution in [1.82, 2.24) is 4.57 Å². The van der Waals surface area contributed by atoms with Crippen LogP contribution in [-0.2, 0) is 0 Å². The van der Waals surface area contributed by atoms with Crippen LogP contribution in [0.3, 0.4) is 0 Å². The van der Waals surface area contributed by atoms with E-state index in [0.717, 1.165) is 11.3 Å². The van der Waals surface area contributed by atoms with E-state index in [1.54, 1.807) is 0 Å². The molecule has 0 aliphatic carbocycles. The summed E-state index contributed by atoms with van der Waals surface area (Å²) in [5, 5.41) is 0. The third-order valence-electron chi connectivity index (χ3n) is 3.54. The molecule has 1 aromatic heterocycles. The van der Waals surface area contributed by atoms with Gasteiger partial charge in [-0.25, -0.2) is 4.85 Å². The Hall–Kier alpha value is -2.21. The van der Waals surface area contributed by atoms with Crippen LogP contribution < -0.4 is 5.73 Å². The first-order valence-electron chi connectivity index (χ1n) is 5.97. The molecular weight excluding hydrogens is 222 g/mol. The Balaban J connectivity index is 2.57. The van der Waals surface area contributed by atoms with E-state index in [2.05, 4.69) is 23.9 Å². The van der Waals surface area contributed by atoms with Crippen molar-refractivity contribution in [2.24, 2.45) is 0 Å². The Labute approximate surface area is 108 Å². The topological polar surface area (TPSA) is 35.3 Å². The summed E-state index contributed by atoms with van der Waals surface area (Å²) in [7, 11) is 0. The van der Waals surface area contributed by atoms with Gasteiger partial charge in [0.1, 0.15) is 5.82 Å². The van der Waals surface area contributed by atoms with Gasteiger partial charge < -0.3 is 10.3 Å². The maximum atomic E-state index is 7.21. The average Bonchev–Trinajstić information content (AvgIpc) is 2.60. The Morgan fingerprint density at radius 3 is 2.33 bits per heavy atom. The number of hydrogen-bond donors (Lipinski definition) is 1. The van der Waals surface area contributed by atoms with Gasteiger partial charge in [-0.2, -0.15) is 0 Å². The van der Waals surface area contributed by atoms with Gasteiger partial charge in [0.2, 0.25) is 5.69 Å². The molecule has 2 rings (SSSR count). The maximum Gasteiger partial charge on any atom is 0.230 e. The first kappa shape index (κ1) is 12.3. The minimum atomic E-state index is 0.139. The van der Waals surface area contributed by atoms with Crippen LogP contribution in [0.5, 0.6) is 0 Å². The molecule has 92 valence electrons. The maximum absolute atomic E-state index is 7.21. The fraction of sp³-hybridized carbons (Fsp3) is 0.267. The molecule has 1 unspecified atom stereocenters. The zero-order valence-corrected chi connectivity index (χ0v) is 10.9. The molecule has 0 spiro atoms. The zero-order chi connectivity index (χ0) is 13.3. The summed E-state index contributed by atoms with van der Waals surface area (Å²) in [6.45, 7) is 13.3. The van der Waals surface area contributed by atoms with Crippen LogP contribution in [0.25, 0.3) is 4.85 Å². The van der Waals surface area contributed by atoms with Crippen molar-refractivity contribution < 1.29 is 0 Å². The Morgan fingerprint density at radius 2 is 1.83 bits per heavy atom. The monoisotopic (exact) mass is 239 g/mol. The molecule has 1 heterocycles. The Morgan fingerprint density at radius 1 is 1.22 bits per heavy atom. The molecule has 2 N–H and O–H groups in total. The third-order valence-corrected chi connectivity index (χ3v) is 3.54. The molecule has 0 saturated heterocycles. The first-order valence-corrected chi connectivity index (χ1v) is 5.97. The van der Waals surface area contributed by atoms with E-state index in [4.69, 9.17) is 12.3 Å². The van der Waals surface area contributed by atoms with Crippen LogP contribution in [0.2, 0.25) is 0 Å². The molecule has 0 aliphatic heterocycles. The molecule has 0 fully saturated rings. The highest BCUT2D eigenvalue weighted by Crippen LogP contribution is 2.36. The summed E-state index contributed by atoms with van der Waals surface area (Å²) >= 11 is 0. The van der Waals surface area contributed by atoms with Crippen LogP contribution in [0, 0.1) is 20.4 Å². The number of hydrogen-bond acceptors (Lipinski definition) is 1. The largest absolute Gasteiger partial charge is 0.394 e. The van der Waals surface area contributed by atoms with Gasteiger partial charge in [0, 0.05) is 5.69 Å². The van der Waals surface area contributed by atoms with E-state index in [-0.39, 0.29) is 6.04 Å². The average molecular weight is 239 g/mol. The lowest BCUT2D eigenvalue weighted by Gasteiger charge is -2.19. The van der Waals surface area contributed by atoms with E-state index in [0.29, 0.717) is 11.5 Å². The van der Waals surface area contributed by atoms with Crippen LogP contribution >= 0.6 is 0 Å².